The van der Waals surface area contributed by atoms with Gasteiger partial charge in [0.25, 0.3) is 0 Å². The van der Waals surface area contributed by atoms with E-state index in [0.29, 0.717) is 25.8 Å². The van der Waals surface area contributed by atoms with Crippen LogP contribution in [0.25, 0.3) is 10.4 Å². The minimum Gasteiger partial charge on any atom is -0.445 e. The first-order chi connectivity index (χ1) is 15.1. The van der Waals surface area contributed by atoms with Crippen molar-refractivity contribution in [3.8, 4) is 0 Å². The number of hydrogen-bond donors (Lipinski definition) is 1. The Morgan fingerprint density at radius 2 is 1.84 bits per heavy atom. The zero-order valence-corrected chi connectivity index (χ0v) is 17.6. The Balaban J connectivity index is 1.76. The van der Waals surface area contributed by atoms with E-state index in [-0.39, 0.29) is 12.6 Å². The second kappa shape index (κ2) is 11.4. The van der Waals surface area contributed by atoms with E-state index >= 15 is 0 Å². The van der Waals surface area contributed by atoms with Crippen LogP contribution in [0.2, 0.25) is 0 Å². The van der Waals surface area contributed by atoms with Crippen molar-refractivity contribution in [2.45, 2.75) is 63.8 Å². The Hall–Kier alpha value is -3.06. The van der Waals surface area contributed by atoms with Crippen LogP contribution in [0.5, 0.6) is 0 Å². The zero-order chi connectivity index (χ0) is 22.1. The van der Waals surface area contributed by atoms with Crippen molar-refractivity contribution in [3.05, 3.63) is 82.2 Å². The van der Waals surface area contributed by atoms with E-state index in [0.717, 1.165) is 11.1 Å². The fourth-order valence-electron chi connectivity index (χ4n) is 3.86. The van der Waals surface area contributed by atoms with Gasteiger partial charge in [0.2, 0.25) is 0 Å². The minimum absolute atomic E-state index is 0.175. The molecule has 164 valence electrons. The van der Waals surface area contributed by atoms with Crippen molar-refractivity contribution in [2.75, 3.05) is 0 Å². The standard InChI is InChI=1S/C23H28N4O4/c1-2-20(21-14-13-19(25-26-24)22(28)31-21)27(15-17-9-5-3-6-10-17)23(29)30-16-18-11-7-4-8-12-18/h3-12,19-22,28H,2,13-16H2,1H3/t19?,20-,21+,22?/m1/s1. The molecule has 0 bridgehead atoms. The highest BCUT2D eigenvalue weighted by atomic mass is 16.6. The predicted octanol–water partition coefficient (Wildman–Crippen LogP) is 4.78. The topological polar surface area (TPSA) is 108 Å². The van der Waals surface area contributed by atoms with Crippen molar-refractivity contribution >= 4 is 6.09 Å². The predicted molar refractivity (Wildman–Crippen MR) is 116 cm³/mol. The summed E-state index contributed by atoms with van der Waals surface area (Å²) < 4.78 is 11.4. The first kappa shape index (κ1) is 22.6. The normalized spacial score (nSPS) is 21.5. The van der Waals surface area contributed by atoms with Crippen molar-refractivity contribution in [1.82, 2.24) is 4.90 Å². The summed E-state index contributed by atoms with van der Waals surface area (Å²) in [6.45, 7) is 2.51. The molecule has 2 aromatic carbocycles. The molecule has 31 heavy (non-hydrogen) atoms. The molecule has 0 spiro atoms. The Morgan fingerprint density at radius 3 is 2.42 bits per heavy atom. The van der Waals surface area contributed by atoms with Crippen LogP contribution in [-0.4, -0.2) is 40.6 Å². The summed E-state index contributed by atoms with van der Waals surface area (Å²) in [5, 5.41) is 13.9. The number of carbonyl (C=O) groups is 1. The second-order valence-electron chi connectivity index (χ2n) is 7.54. The van der Waals surface area contributed by atoms with E-state index in [2.05, 4.69) is 10.0 Å². The average Bonchev–Trinajstić information content (AvgIpc) is 2.80. The summed E-state index contributed by atoms with van der Waals surface area (Å²) in [6, 6.07) is 18.3. The highest BCUT2D eigenvalue weighted by Gasteiger charge is 2.37. The third-order valence-corrected chi connectivity index (χ3v) is 5.47. The SMILES string of the molecule is CC[C@H]([C@@H]1CCC(N=[N+]=[N-])C(O)O1)N(Cc1ccccc1)C(=O)OCc1ccccc1. The Morgan fingerprint density at radius 1 is 1.19 bits per heavy atom. The van der Waals surface area contributed by atoms with Gasteiger partial charge in [0.1, 0.15) is 6.61 Å². The number of aliphatic hydroxyl groups excluding tert-OH is 1. The summed E-state index contributed by atoms with van der Waals surface area (Å²) in [5.41, 5.74) is 10.5. The second-order valence-corrected chi connectivity index (χ2v) is 7.54. The van der Waals surface area contributed by atoms with Crippen LogP contribution in [-0.2, 0) is 22.6 Å². The lowest BCUT2D eigenvalue weighted by molar-refractivity contribution is -0.188. The maximum Gasteiger partial charge on any atom is 0.410 e. The average molecular weight is 425 g/mol. The van der Waals surface area contributed by atoms with Gasteiger partial charge in [-0.3, -0.25) is 4.90 Å². The van der Waals surface area contributed by atoms with Crippen LogP contribution < -0.4 is 0 Å². The molecule has 8 nitrogen and oxygen atoms in total. The molecule has 0 radical (unpaired) electrons. The number of carbonyl (C=O) groups excluding carboxylic acids is 1. The molecule has 1 aliphatic rings. The first-order valence-electron chi connectivity index (χ1n) is 10.5. The van der Waals surface area contributed by atoms with Gasteiger partial charge in [-0.2, -0.15) is 0 Å². The summed E-state index contributed by atoms with van der Waals surface area (Å²) in [5.74, 6) is 0. The van der Waals surface area contributed by atoms with Gasteiger partial charge in [0.15, 0.2) is 6.29 Å². The molecule has 1 fully saturated rings. The Kier molecular flexibility index (Phi) is 8.29. The first-order valence-corrected chi connectivity index (χ1v) is 10.5. The third-order valence-electron chi connectivity index (χ3n) is 5.47. The molecule has 1 heterocycles. The third kappa shape index (κ3) is 6.21. The van der Waals surface area contributed by atoms with Crippen LogP contribution in [0.15, 0.2) is 65.8 Å². The van der Waals surface area contributed by atoms with Gasteiger partial charge in [0, 0.05) is 11.5 Å². The smallest absolute Gasteiger partial charge is 0.410 e. The quantitative estimate of drug-likeness (QED) is 0.374. The molecule has 1 amide bonds. The van der Waals surface area contributed by atoms with Gasteiger partial charge in [-0.1, -0.05) is 72.7 Å². The van der Waals surface area contributed by atoms with Crippen LogP contribution in [0.3, 0.4) is 0 Å². The van der Waals surface area contributed by atoms with Gasteiger partial charge in [-0.25, -0.2) is 4.79 Å². The molecule has 1 saturated heterocycles. The zero-order valence-electron chi connectivity index (χ0n) is 17.6. The van der Waals surface area contributed by atoms with E-state index in [1.165, 1.54) is 0 Å². The summed E-state index contributed by atoms with van der Waals surface area (Å²) in [7, 11) is 0. The van der Waals surface area contributed by atoms with Crippen LogP contribution in [0.1, 0.15) is 37.3 Å². The van der Waals surface area contributed by atoms with E-state index in [4.69, 9.17) is 15.0 Å². The van der Waals surface area contributed by atoms with E-state index in [1.807, 2.05) is 67.6 Å². The molecule has 2 unspecified atom stereocenters. The molecule has 1 N–H and O–H groups in total. The van der Waals surface area contributed by atoms with Crippen LogP contribution >= 0.6 is 0 Å². The number of azide groups is 1. The number of ether oxygens (including phenoxy) is 2. The van der Waals surface area contributed by atoms with Crippen LogP contribution in [0.4, 0.5) is 4.79 Å². The highest BCUT2D eigenvalue weighted by Crippen LogP contribution is 2.28. The number of hydrogen-bond acceptors (Lipinski definition) is 5. The number of amides is 1. The summed E-state index contributed by atoms with van der Waals surface area (Å²) in [6.07, 6.45) is -0.339. The molecule has 0 aromatic heterocycles. The van der Waals surface area contributed by atoms with Crippen molar-refractivity contribution in [3.63, 3.8) is 0 Å². The van der Waals surface area contributed by atoms with Gasteiger partial charge in [0.05, 0.1) is 18.2 Å². The molecule has 2 aromatic rings. The molecular formula is C23H28N4O4. The van der Waals surface area contributed by atoms with E-state index < -0.39 is 24.5 Å². The van der Waals surface area contributed by atoms with Crippen molar-refractivity contribution < 1.29 is 19.4 Å². The molecule has 3 rings (SSSR count). The lowest BCUT2D eigenvalue weighted by Gasteiger charge is -2.40. The Bertz CT molecular complexity index is 874. The van der Waals surface area contributed by atoms with Crippen molar-refractivity contribution in [2.24, 2.45) is 5.11 Å². The number of nitrogens with zero attached hydrogens (tertiary/aromatic N) is 4. The van der Waals surface area contributed by atoms with Crippen LogP contribution in [0, 0.1) is 0 Å². The molecule has 0 aliphatic carbocycles. The largest absolute Gasteiger partial charge is 0.445 e. The highest BCUT2D eigenvalue weighted by molar-refractivity contribution is 5.68. The molecule has 4 atom stereocenters. The minimum atomic E-state index is -1.19. The molecule has 8 heteroatoms. The fourth-order valence-corrected chi connectivity index (χ4v) is 3.86. The van der Waals surface area contributed by atoms with E-state index in [1.54, 1.807) is 4.90 Å². The molecule has 1 aliphatic heterocycles. The van der Waals surface area contributed by atoms with Gasteiger partial charge in [-0.05, 0) is 35.9 Å². The maximum absolute atomic E-state index is 13.1. The number of benzene rings is 2. The van der Waals surface area contributed by atoms with Gasteiger partial charge < -0.3 is 14.6 Å². The number of rotatable bonds is 8. The summed E-state index contributed by atoms with van der Waals surface area (Å²) in [4.78, 5) is 17.6. The van der Waals surface area contributed by atoms with Gasteiger partial charge in [-0.15, -0.1) is 0 Å². The maximum atomic E-state index is 13.1. The van der Waals surface area contributed by atoms with Crippen molar-refractivity contribution in [1.29, 1.82) is 0 Å². The fraction of sp³-hybridized carbons (Fsp3) is 0.435. The molecule has 0 saturated carbocycles. The van der Waals surface area contributed by atoms with Gasteiger partial charge >= 0.3 is 6.09 Å². The lowest BCUT2D eigenvalue weighted by atomic mass is 9.96. The molecular weight excluding hydrogens is 396 g/mol. The monoisotopic (exact) mass is 424 g/mol. The lowest BCUT2D eigenvalue weighted by Crippen LogP contribution is -2.51. The number of aliphatic hydroxyl groups is 1. The van der Waals surface area contributed by atoms with E-state index in [9.17, 15) is 9.90 Å². The Labute approximate surface area is 182 Å². The summed E-state index contributed by atoms with van der Waals surface area (Å²) >= 11 is 0.